The van der Waals surface area contributed by atoms with Gasteiger partial charge in [-0.05, 0) is 61.1 Å². The molecule has 0 atom stereocenters. The molecule has 1 saturated heterocycles. The van der Waals surface area contributed by atoms with E-state index in [1.807, 2.05) is 12.1 Å². The third kappa shape index (κ3) is 3.81. The fraction of sp³-hybridized carbons (Fsp3) is 0.250. The molecule has 1 fully saturated rings. The Hall–Kier alpha value is -3.34. The Bertz CT molecular complexity index is 1060. The fourth-order valence-corrected chi connectivity index (χ4v) is 4.22. The van der Waals surface area contributed by atoms with Crippen LogP contribution in [0.2, 0.25) is 0 Å². The maximum absolute atomic E-state index is 12.6. The van der Waals surface area contributed by atoms with Crippen LogP contribution in [-0.4, -0.2) is 29.5 Å². The van der Waals surface area contributed by atoms with E-state index < -0.39 is 5.91 Å². The normalized spacial score (nSPS) is 14.8. The molecule has 2 aromatic carbocycles. The minimum absolute atomic E-state index is 0.173. The molecular weight excluding hydrogens is 362 g/mol. The molecular formula is C24H25N3O2. The maximum atomic E-state index is 12.6. The number of hydrogen-bond acceptors (Lipinski definition) is 3. The molecule has 0 unspecified atom stereocenters. The van der Waals surface area contributed by atoms with Crippen LogP contribution in [0.15, 0.2) is 67.3 Å². The molecule has 3 aromatic rings. The summed E-state index contributed by atoms with van der Waals surface area (Å²) in [6, 6.07) is 17.7. The molecule has 4 rings (SSSR count). The zero-order chi connectivity index (χ0) is 20.4. The molecule has 0 aliphatic carbocycles. The van der Waals surface area contributed by atoms with E-state index in [0.717, 1.165) is 49.1 Å². The van der Waals surface area contributed by atoms with Gasteiger partial charge in [0.25, 0.3) is 5.91 Å². The summed E-state index contributed by atoms with van der Waals surface area (Å²) >= 11 is 0. The van der Waals surface area contributed by atoms with E-state index in [1.165, 1.54) is 11.6 Å². The third-order valence-electron chi connectivity index (χ3n) is 5.77. The molecule has 2 N–H and O–H groups in total. The van der Waals surface area contributed by atoms with E-state index in [4.69, 9.17) is 5.73 Å². The van der Waals surface area contributed by atoms with Crippen LogP contribution < -0.4 is 10.6 Å². The molecule has 0 spiro atoms. The Morgan fingerprint density at radius 1 is 1.07 bits per heavy atom. The molecule has 0 radical (unpaired) electrons. The third-order valence-corrected chi connectivity index (χ3v) is 5.77. The highest BCUT2D eigenvalue weighted by Gasteiger charge is 2.24. The predicted octanol–water partition coefficient (Wildman–Crippen LogP) is 4.03. The summed E-state index contributed by atoms with van der Waals surface area (Å²) in [4.78, 5) is 26.4. The van der Waals surface area contributed by atoms with Gasteiger partial charge in [-0.2, -0.15) is 0 Å². The number of hydrogen-bond donors (Lipinski definition) is 1. The number of aromatic nitrogens is 1. The summed E-state index contributed by atoms with van der Waals surface area (Å²) in [5, 5.41) is 0.831. The van der Waals surface area contributed by atoms with Crippen LogP contribution in [0.3, 0.4) is 0 Å². The van der Waals surface area contributed by atoms with Gasteiger partial charge in [0.15, 0.2) is 0 Å². The van der Waals surface area contributed by atoms with Crippen molar-refractivity contribution in [1.82, 2.24) is 4.57 Å². The number of piperidine rings is 1. The van der Waals surface area contributed by atoms with E-state index in [9.17, 15) is 9.59 Å². The first-order valence-corrected chi connectivity index (χ1v) is 9.98. The van der Waals surface area contributed by atoms with Crippen LogP contribution >= 0.6 is 0 Å². The average molecular weight is 387 g/mol. The van der Waals surface area contributed by atoms with Crippen molar-refractivity contribution in [2.24, 2.45) is 11.7 Å². The molecule has 1 aromatic heterocycles. The van der Waals surface area contributed by atoms with Crippen molar-refractivity contribution in [2.75, 3.05) is 18.0 Å². The lowest BCUT2D eigenvalue weighted by Crippen LogP contribution is -2.36. The van der Waals surface area contributed by atoms with Crippen molar-refractivity contribution < 1.29 is 9.59 Å². The Morgan fingerprint density at radius 3 is 2.45 bits per heavy atom. The minimum atomic E-state index is -0.474. The van der Waals surface area contributed by atoms with Crippen LogP contribution in [0.5, 0.6) is 0 Å². The van der Waals surface area contributed by atoms with E-state index in [-0.39, 0.29) is 5.91 Å². The van der Waals surface area contributed by atoms with Crippen molar-refractivity contribution in [3.8, 4) is 0 Å². The van der Waals surface area contributed by atoms with Gasteiger partial charge in [-0.15, -0.1) is 0 Å². The summed E-state index contributed by atoms with van der Waals surface area (Å²) in [7, 11) is 0. The molecule has 148 valence electrons. The monoisotopic (exact) mass is 387 g/mol. The Kier molecular flexibility index (Phi) is 5.21. The number of allylic oxidation sites excluding steroid dienone is 1. The van der Waals surface area contributed by atoms with Gasteiger partial charge in [0.2, 0.25) is 5.91 Å². The second-order valence-corrected chi connectivity index (χ2v) is 7.64. The molecule has 2 heterocycles. The summed E-state index contributed by atoms with van der Waals surface area (Å²) < 4.78 is 1.69. The van der Waals surface area contributed by atoms with Gasteiger partial charge in [0.1, 0.15) is 5.82 Å². The Morgan fingerprint density at radius 2 is 1.79 bits per heavy atom. The highest BCUT2D eigenvalue weighted by Crippen LogP contribution is 2.31. The van der Waals surface area contributed by atoms with Gasteiger partial charge in [0.05, 0.1) is 5.52 Å². The Balaban J connectivity index is 1.59. The lowest BCUT2D eigenvalue weighted by molar-refractivity contribution is 0.0973. The molecule has 1 amide bonds. The molecule has 5 heteroatoms. The summed E-state index contributed by atoms with van der Waals surface area (Å²) in [6.07, 6.45) is 4.56. The zero-order valence-corrected chi connectivity index (χ0v) is 16.4. The van der Waals surface area contributed by atoms with E-state index >= 15 is 0 Å². The SMILES string of the molecule is C=CC(=O)n1c(N2CCC(Cc3ccccc3)CC2)cc2cc(C(N)=O)ccc21. The number of fused-ring (bicyclic) bond motifs is 1. The number of carbonyl (C=O) groups excluding carboxylic acids is 2. The average Bonchev–Trinajstić information content (AvgIpc) is 3.13. The number of nitrogens with zero attached hydrogens (tertiary/aromatic N) is 2. The number of anilines is 1. The van der Waals surface area contributed by atoms with Gasteiger partial charge in [0, 0.05) is 24.0 Å². The van der Waals surface area contributed by atoms with E-state index in [0.29, 0.717) is 11.5 Å². The van der Waals surface area contributed by atoms with Crippen molar-refractivity contribution in [3.63, 3.8) is 0 Å². The van der Waals surface area contributed by atoms with Gasteiger partial charge >= 0.3 is 0 Å². The van der Waals surface area contributed by atoms with Crippen LogP contribution in [0.4, 0.5) is 5.82 Å². The summed E-state index contributed by atoms with van der Waals surface area (Å²) in [6.45, 7) is 5.43. The summed E-state index contributed by atoms with van der Waals surface area (Å²) in [5.74, 6) is 0.846. The first-order chi connectivity index (χ1) is 14.1. The second-order valence-electron chi connectivity index (χ2n) is 7.64. The molecule has 1 aliphatic rings. The number of nitrogens with two attached hydrogens (primary N) is 1. The standard InChI is InChI=1S/C24H25N3O2/c1-2-23(28)27-21-9-8-19(24(25)29)15-20(21)16-22(27)26-12-10-18(11-13-26)14-17-6-4-3-5-7-17/h2-9,15-16,18H,1,10-14H2,(H2,25,29). The first-order valence-electron chi connectivity index (χ1n) is 9.98. The van der Waals surface area contributed by atoms with Crippen LogP contribution in [0, 0.1) is 5.92 Å². The maximum Gasteiger partial charge on any atom is 0.256 e. The lowest BCUT2D eigenvalue weighted by atomic mass is 9.90. The highest BCUT2D eigenvalue weighted by molar-refractivity contribution is 6.04. The molecule has 29 heavy (non-hydrogen) atoms. The Labute approximate surface area is 170 Å². The quantitative estimate of drug-likeness (QED) is 0.672. The van der Waals surface area contributed by atoms with Crippen molar-refractivity contribution in [3.05, 3.63) is 78.4 Å². The summed E-state index contributed by atoms with van der Waals surface area (Å²) in [5.41, 5.74) is 8.00. The van der Waals surface area contributed by atoms with Gasteiger partial charge in [-0.3, -0.25) is 14.2 Å². The predicted molar refractivity (Wildman–Crippen MR) is 116 cm³/mol. The van der Waals surface area contributed by atoms with Crippen LogP contribution in [0.25, 0.3) is 10.9 Å². The smallest absolute Gasteiger partial charge is 0.256 e. The number of primary amides is 1. The molecule has 0 bridgehead atoms. The minimum Gasteiger partial charge on any atom is -0.366 e. The van der Waals surface area contributed by atoms with E-state index in [2.05, 4.69) is 35.7 Å². The molecule has 0 saturated carbocycles. The van der Waals surface area contributed by atoms with Crippen molar-refractivity contribution >= 4 is 28.5 Å². The second kappa shape index (κ2) is 7.95. The van der Waals surface area contributed by atoms with E-state index in [1.54, 1.807) is 22.8 Å². The number of carbonyl (C=O) groups is 2. The van der Waals surface area contributed by atoms with Crippen molar-refractivity contribution in [1.29, 1.82) is 0 Å². The molecule has 1 aliphatic heterocycles. The van der Waals surface area contributed by atoms with Crippen molar-refractivity contribution in [2.45, 2.75) is 19.3 Å². The largest absolute Gasteiger partial charge is 0.366 e. The van der Waals surface area contributed by atoms with Gasteiger partial charge in [-0.25, -0.2) is 0 Å². The van der Waals surface area contributed by atoms with Gasteiger partial charge in [-0.1, -0.05) is 36.9 Å². The number of rotatable bonds is 5. The highest BCUT2D eigenvalue weighted by atomic mass is 16.2. The first kappa shape index (κ1) is 19.0. The topological polar surface area (TPSA) is 68.3 Å². The zero-order valence-electron chi connectivity index (χ0n) is 16.4. The molecule has 5 nitrogen and oxygen atoms in total. The fourth-order valence-electron chi connectivity index (χ4n) is 4.22. The van der Waals surface area contributed by atoms with Gasteiger partial charge < -0.3 is 10.6 Å². The van der Waals surface area contributed by atoms with Crippen LogP contribution in [-0.2, 0) is 6.42 Å². The number of amides is 1. The van der Waals surface area contributed by atoms with Crippen LogP contribution in [0.1, 0.15) is 33.6 Å². The number of benzene rings is 2. The lowest BCUT2D eigenvalue weighted by Gasteiger charge is -2.33.